The first-order chi connectivity index (χ1) is 16.8. The van der Waals surface area contributed by atoms with Gasteiger partial charge in [0, 0.05) is 47.3 Å². The maximum atomic E-state index is 13.0. The van der Waals surface area contributed by atoms with Crippen molar-refractivity contribution in [2.24, 2.45) is 7.05 Å². The molecule has 1 N–H and O–H groups in total. The van der Waals surface area contributed by atoms with Crippen LogP contribution >= 0.6 is 35.3 Å². The summed E-state index contributed by atoms with van der Waals surface area (Å²) in [4.78, 5) is 41.8. The lowest BCUT2D eigenvalue weighted by Crippen LogP contribution is -2.70. The number of benzene rings is 1. The third-order valence-corrected chi connectivity index (χ3v) is 9.44. The van der Waals surface area contributed by atoms with Crippen molar-refractivity contribution in [2.45, 2.75) is 35.1 Å². The lowest BCUT2D eigenvalue weighted by molar-refractivity contribution is -0.684. The highest BCUT2D eigenvalue weighted by Gasteiger charge is 2.54. The first-order valence-corrected chi connectivity index (χ1v) is 14.1. The van der Waals surface area contributed by atoms with Gasteiger partial charge in [-0.3, -0.25) is 14.5 Å². The Morgan fingerprint density at radius 3 is 2.49 bits per heavy atom. The van der Waals surface area contributed by atoms with Crippen LogP contribution in [0, 0.1) is 13.8 Å². The predicted molar refractivity (Wildman–Crippen MR) is 139 cm³/mol. The van der Waals surface area contributed by atoms with E-state index < -0.39 is 12.0 Å². The second kappa shape index (κ2) is 11.1. The molecule has 10 heteroatoms. The molecule has 0 aliphatic carbocycles. The second-order valence-electron chi connectivity index (χ2n) is 8.32. The van der Waals surface area contributed by atoms with E-state index in [0.717, 1.165) is 26.8 Å². The standard InChI is InChI=1S/C25H27N3O4S3/c1-15-10-19(11-16(2)27(15)3)33-12-17-13-35-24-21(23(30)28(24)22(17)25(31)32-4)26-20(29)14-34-18-8-6-5-7-9-18/h5-11,21,24H,12-14H2,1-4H3/p+1. The average Bonchev–Trinajstić information content (AvgIpc) is 2.87. The van der Waals surface area contributed by atoms with E-state index in [1.165, 1.54) is 23.8 Å². The number of nitrogens with one attached hydrogen (secondary N) is 1. The summed E-state index contributed by atoms with van der Waals surface area (Å²) in [5.41, 5.74) is 3.47. The highest BCUT2D eigenvalue weighted by Crippen LogP contribution is 2.42. The number of aromatic nitrogens is 1. The van der Waals surface area contributed by atoms with Gasteiger partial charge >= 0.3 is 5.97 Å². The van der Waals surface area contributed by atoms with Crippen molar-refractivity contribution in [3.8, 4) is 0 Å². The van der Waals surface area contributed by atoms with Crippen molar-refractivity contribution < 1.29 is 23.7 Å². The van der Waals surface area contributed by atoms with Crippen molar-refractivity contribution in [1.82, 2.24) is 10.2 Å². The van der Waals surface area contributed by atoms with E-state index in [0.29, 0.717) is 17.2 Å². The number of fused-ring (bicyclic) bond motifs is 1. The fourth-order valence-electron chi connectivity index (χ4n) is 3.94. The molecular formula is C25H28N3O4S3+. The molecule has 0 spiro atoms. The first kappa shape index (κ1) is 25.7. The number of carbonyl (C=O) groups excluding carboxylic acids is 3. The molecule has 7 nitrogen and oxygen atoms in total. The zero-order chi connectivity index (χ0) is 25.1. The maximum absolute atomic E-state index is 13.0. The van der Waals surface area contributed by atoms with Crippen LogP contribution in [-0.2, 0) is 26.2 Å². The molecule has 35 heavy (non-hydrogen) atoms. The molecule has 3 heterocycles. The molecule has 2 aromatic rings. The van der Waals surface area contributed by atoms with Crippen LogP contribution in [0.5, 0.6) is 0 Å². The number of amides is 2. The van der Waals surface area contributed by atoms with Crippen molar-refractivity contribution >= 4 is 53.1 Å². The number of thioether (sulfide) groups is 3. The molecule has 2 unspecified atom stereocenters. The number of β-lactam (4-membered cyclic amide) rings is 1. The quantitative estimate of drug-likeness (QED) is 0.243. The van der Waals surface area contributed by atoms with Crippen molar-refractivity contribution in [3.63, 3.8) is 0 Å². The van der Waals surface area contributed by atoms with Gasteiger partial charge in [0.15, 0.2) is 11.4 Å². The molecule has 4 rings (SSSR count). The van der Waals surface area contributed by atoms with Gasteiger partial charge in [0.05, 0.1) is 12.9 Å². The molecule has 184 valence electrons. The van der Waals surface area contributed by atoms with Gasteiger partial charge in [-0.1, -0.05) is 18.2 Å². The van der Waals surface area contributed by atoms with Gasteiger partial charge in [-0.15, -0.1) is 35.3 Å². The Labute approximate surface area is 218 Å². The molecule has 0 saturated carbocycles. The van der Waals surface area contributed by atoms with E-state index in [1.807, 2.05) is 37.4 Å². The number of ether oxygens (including phenoxy) is 1. The third kappa shape index (κ3) is 5.54. The SMILES string of the molecule is COC(=O)C1=C(CSc2cc(C)[n+](C)c(C)c2)CSC2C(NC(=O)CSc3ccccc3)C(=O)N12. The number of carbonyl (C=O) groups is 3. The van der Waals surface area contributed by atoms with Crippen LogP contribution in [0.2, 0.25) is 0 Å². The summed E-state index contributed by atoms with van der Waals surface area (Å²) in [5.74, 6) is 0.392. The van der Waals surface area contributed by atoms with Gasteiger partial charge in [0.1, 0.15) is 24.2 Å². The maximum Gasteiger partial charge on any atom is 0.354 e. The van der Waals surface area contributed by atoms with Gasteiger partial charge in [-0.2, -0.15) is 0 Å². The smallest absolute Gasteiger partial charge is 0.354 e. The largest absolute Gasteiger partial charge is 0.464 e. The second-order valence-corrected chi connectivity index (χ2v) is 11.5. The van der Waals surface area contributed by atoms with Crippen molar-refractivity contribution in [3.05, 3.63) is 65.1 Å². The van der Waals surface area contributed by atoms with Gasteiger partial charge in [0.2, 0.25) is 5.91 Å². The molecule has 1 aromatic carbocycles. The first-order valence-electron chi connectivity index (χ1n) is 11.1. The Kier molecular flexibility index (Phi) is 8.13. The number of esters is 1. The molecule has 2 aliphatic rings. The van der Waals surface area contributed by atoms with E-state index >= 15 is 0 Å². The summed E-state index contributed by atoms with van der Waals surface area (Å²) in [6.45, 7) is 4.12. The van der Waals surface area contributed by atoms with Crippen molar-refractivity contribution in [2.75, 3.05) is 24.4 Å². The summed E-state index contributed by atoms with van der Waals surface area (Å²) in [7, 11) is 3.35. The van der Waals surface area contributed by atoms with Crippen LogP contribution in [0.3, 0.4) is 0 Å². The summed E-state index contributed by atoms with van der Waals surface area (Å²) < 4.78 is 7.15. The molecular weight excluding hydrogens is 502 g/mol. The summed E-state index contributed by atoms with van der Waals surface area (Å²) >= 11 is 4.62. The van der Waals surface area contributed by atoms with Gasteiger partial charge in [0.25, 0.3) is 5.91 Å². The number of aryl methyl sites for hydroxylation is 2. The fourth-order valence-corrected chi connectivity index (χ4v) is 7.23. The topological polar surface area (TPSA) is 79.6 Å². The Balaban J connectivity index is 1.43. The van der Waals surface area contributed by atoms with Gasteiger partial charge in [-0.05, 0) is 17.7 Å². The number of hydrogen-bond donors (Lipinski definition) is 1. The number of nitrogens with zero attached hydrogens (tertiary/aromatic N) is 2. The summed E-state index contributed by atoms with van der Waals surface area (Å²) in [5, 5.41) is 2.54. The molecule has 1 saturated heterocycles. The van der Waals surface area contributed by atoms with Crippen LogP contribution in [0.4, 0.5) is 0 Å². The third-order valence-electron chi connectivity index (χ3n) is 6.03. The van der Waals surface area contributed by atoms with Crippen LogP contribution in [0.15, 0.2) is 63.5 Å². The van der Waals surface area contributed by atoms with Crippen LogP contribution in [0.25, 0.3) is 0 Å². The van der Waals surface area contributed by atoms with E-state index in [2.05, 4.69) is 35.9 Å². The minimum atomic E-state index is -0.642. The fraction of sp³-hybridized carbons (Fsp3) is 0.360. The monoisotopic (exact) mass is 530 g/mol. The van der Waals surface area contributed by atoms with E-state index in [9.17, 15) is 14.4 Å². The zero-order valence-corrected chi connectivity index (χ0v) is 22.5. The Bertz CT molecular complexity index is 1160. The number of hydrogen-bond acceptors (Lipinski definition) is 7. The van der Waals surface area contributed by atoms with Crippen molar-refractivity contribution in [1.29, 1.82) is 0 Å². The Hall–Kier alpha value is -2.43. The average molecular weight is 531 g/mol. The van der Waals surface area contributed by atoms with Crippen LogP contribution in [-0.4, -0.2) is 58.5 Å². The van der Waals surface area contributed by atoms with Crippen LogP contribution < -0.4 is 9.88 Å². The molecule has 2 aliphatic heterocycles. The van der Waals surface area contributed by atoms with E-state index in [4.69, 9.17) is 4.74 Å². The predicted octanol–water partition coefficient (Wildman–Crippen LogP) is 2.84. The molecule has 2 amide bonds. The minimum Gasteiger partial charge on any atom is -0.464 e. The summed E-state index contributed by atoms with van der Waals surface area (Å²) in [6.07, 6.45) is 0. The van der Waals surface area contributed by atoms with E-state index in [1.54, 1.807) is 23.5 Å². The molecule has 2 atom stereocenters. The number of pyridine rings is 1. The Morgan fingerprint density at radius 1 is 1.14 bits per heavy atom. The lowest BCUT2D eigenvalue weighted by atomic mass is 10.0. The summed E-state index contributed by atoms with van der Waals surface area (Å²) in [6, 6.07) is 13.2. The molecule has 0 radical (unpaired) electrons. The highest BCUT2D eigenvalue weighted by molar-refractivity contribution is 8.01. The lowest BCUT2D eigenvalue weighted by Gasteiger charge is -2.49. The Morgan fingerprint density at radius 2 is 1.83 bits per heavy atom. The normalized spacial score (nSPS) is 19.2. The minimum absolute atomic E-state index is 0.203. The van der Waals surface area contributed by atoms with Gasteiger partial charge < -0.3 is 10.1 Å². The number of rotatable bonds is 8. The van der Waals surface area contributed by atoms with E-state index in [-0.39, 0.29) is 22.9 Å². The van der Waals surface area contributed by atoms with Crippen LogP contribution in [0.1, 0.15) is 11.4 Å². The number of methoxy groups -OCH3 is 1. The zero-order valence-electron chi connectivity index (χ0n) is 20.1. The molecule has 0 bridgehead atoms. The highest BCUT2D eigenvalue weighted by atomic mass is 32.2. The van der Waals surface area contributed by atoms with Gasteiger partial charge in [-0.25, -0.2) is 9.36 Å². The molecule has 1 fully saturated rings. The molecule has 1 aromatic heterocycles.